The third-order valence-corrected chi connectivity index (χ3v) is 6.39. The van der Waals surface area contributed by atoms with E-state index in [0.29, 0.717) is 43.3 Å². The van der Waals surface area contributed by atoms with Crippen LogP contribution in [0.3, 0.4) is 0 Å². The van der Waals surface area contributed by atoms with Crippen LogP contribution in [-0.2, 0) is 9.53 Å². The molecule has 1 saturated heterocycles. The highest BCUT2D eigenvalue weighted by atomic mass is 16.5. The number of fused-ring (bicyclic) bond motifs is 1. The lowest BCUT2D eigenvalue weighted by Gasteiger charge is -2.33. The molecule has 1 unspecified atom stereocenters. The van der Waals surface area contributed by atoms with Crippen LogP contribution in [0.25, 0.3) is 10.9 Å². The van der Waals surface area contributed by atoms with Crippen molar-refractivity contribution < 1.29 is 14.3 Å². The smallest absolute Gasteiger partial charge is 0.252 e. The summed E-state index contributed by atoms with van der Waals surface area (Å²) in [5.74, 6) is 0.805. The number of rotatable bonds is 6. The SMILES string of the molecule is CC(C)NC(=O)c1cc(C2CN(C(=O)CCC3CCCC3)CCO2)nc2ccccc12. The number of pyridine rings is 1. The summed E-state index contributed by atoms with van der Waals surface area (Å²) in [6.07, 6.45) is 6.43. The van der Waals surface area contributed by atoms with Gasteiger partial charge in [-0.25, -0.2) is 4.98 Å². The maximum absolute atomic E-state index is 12.8. The Labute approximate surface area is 184 Å². The molecular formula is C25H33N3O3. The van der Waals surface area contributed by atoms with Crippen molar-refractivity contribution in [3.63, 3.8) is 0 Å². The molecule has 2 fully saturated rings. The first-order valence-electron chi connectivity index (χ1n) is 11.6. The number of benzene rings is 1. The Hall–Kier alpha value is -2.47. The van der Waals surface area contributed by atoms with E-state index < -0.39 is 0 Å². The Morgan fingerprint density at radius 2 is 2.00 bits per heavy atom. The van der Waals surface area contributed by atoms with Crippen LogP contribution in [0.4, 0.5) is 0 Å². The second kappa shape index (κ2) is 9.77. The standard InChI is InChI=1S/C25H33N3O3/c1-17(2)26-25(30)20-15-22(27-21-10-6-5-9-19(20)21)23-16-28(13-14-31-23)24(29)12-11-18-7-3-4-8-18/h5-6,9-10,15,17-18,23H,3-4,7-8,11-14,16H2,1-2H3,(H,26,30). The van der Waals surface area contributed by atoms with Gasteiger partial charge in [-0.2, -0.15) is 0 Å². The number of carbonyl (C=O) groups excluding carboxylic acids is 2. The molecule has 6 heteroatoms. The molecule has 31 heavy (non-hydrogen) atoms. The number of nitrogens with zero attached hydrogens (tertiary/aromatic N) is 2. The summed E-state index contributed by atoms with van der Waals surface area (Å²) in [7, 11) is 0. The van der Waals surface area contributed by atoms with E-state index in [1.807, 2.05) is 49.1 Å². The average molecular weight is 424 g/mol. The van der Waals surface area contributed by atoms with Gasteiger partial charge in [-0.05, 0) is 38.3 Å². The largest absolute Gasteiger partial charge is 0.368 e. The molecule has 2 aliphatic rings. The van der Waals surface area contributed by atoms with Crippen LogP contribution in [0, 0.1) is 5.92 Å². The van der Waals surface area contributed by atoms with Crippen LogP contribution in [0.1, 0.15) is 74.5 Å². The Balaban J connectivity index is 1.51. The average Bonchev–Trinajstić information content (AvgIpc) is 3.30. The number of hydrogen-bond acceptors (Lipinski definition) is 4. The molecule has 0 radical (unpaired) electrons. The molecule has 2 heterocycles. The minimum absolute atomic E-state index is 0.0433. The van der Waals surface area contributed by atoms with Gasteiger partial charge in [0.1, 0.15) is 6.10 Å². The Kier molecular flexibility index (Phi) is 6.86. The fourth-order valence-electron chi connectivity index (χ4n) is 4.73. The van der Waals surface area contributed by atoms with E-state index >= 15 is 0 Å². The van der Waals surface area contributed by atoms with Gasteiger partial charge in [0.2, 0.25) is 5.91 Å². The minimum Gasteiger partial charge on any atom is -0.368 e. The van der Waals surface area contributed by atoms with E-state index in [2.05, 4.69) is 5.32 Å². The molecule has 1 N–H and O–H groups in total. The molecule has 1 saturated carbocycles. The zero-order valence-electron chi connectivity index (χ0n) is 18.6. The Morgan fingerprint density at radius 1 is 1.23 bits per heavy atom. The molecule has 1 aromatic carbocycles. The normalized spacial score (nSPS) is 19.8. The van der Waals surface area contributed by atoms with Gasteiger partial charge in [-0.3, -0.25) is 9.59 Å². The second-order valence-electron chi connectivity index (χ2n) is 9.13. The summed E-state index contributed by atoms with van der Waals surface area (Å²) in [5, 5.41) is 3.80. The molecule has 1 aliphatic carbocycles. The molecule has 1 aliphatic heterocycles. The van der Waals surface area contributed by atoms with Crippen molar-refractivity contribution in [3.05, 3.63) is 41.6 Å². The number of ether oxygens (including phenoxy) is 1. The van der Waals surface area contributed by atoms with Gasteiger partial charge in [0.25, 0.3) is 5.91 Å². The van der Waals surface area contributed by atoms with Crippen LogP contribution in [-0.4, -0.2) is 47.4 Å². The number of para-hydroxylation sites is 1. The first-order valence-corrected chi connectivity index (χ1v) is 11.6. The van der Waals surface area contributed by atoms with Crippen LogP contribution < -0.4 is 5.32 Å². The maximum atomic E-state index is 12.8. The third kappa shape index (κ3) is 5.24. The van der Waals surface area contributed by atoms with Gasteiger partial charge >= 0.3 is 0 Å². The highest BCUT2D eigenvalue weighted by Gasteiger charge is 2.28. The van der Waals surface area contributed by atoms with Crippen molar-refractivity contribution in [2.45, 2.75) is 64.5 Å². The summed E-state index contributed by atoms with van der Waals surface area (Å²) in [6, 6.07) is 9.54. The molecule has 6 nitrogen and oxygen atoms in total. The molecule has 2 aromatic rings. The van der Waals surface area contributed by atoms with Crippen molar-refractivity contribution in [1.29, 1.82) is 0 Å². The zero-order chi connectivity index (χ0) is 21.8. The van der Waals surface area contributed by atoms with E-state index in [-0.39, 0.29) is 24.0 Å². The number of amides is 2. The number of hydrogen-bond donors (Lipinski definition) is 1. The van der Waals surface area contributed by atoms with Crippen LogP contribution in [0.2, 0.25) is 0 Å². The predicted octanol–water partition coefficient (Wildman–Crippen LogP) is 4.24. The first kappa shape index (κ1) is 21.8. The summed E-state index contributed by atoms with van der Waals surface area (Å²) in [6.45, 7) is 5.49. The fourth-order valence-corrected chi connectivity index (χ4v) is 4.73. The molecular weight excluding hydrogens is 390 g/mol. The van der Waals surface area contributed by atoms with Crippen molar-refractivity contribution in [1.82, 2.24) is 15.2 Å². The lowest BCUT2D eigenvalue weighted by molar-refractivity contribution is -0.139. The van der Waals surface area contributed by atoms with E-state index in [9.17, 15) is 9.59 Å². The van der Waals surface area contributed by atoms with Crippen molar-refractivity contribution >= 4 is 22.7 Å². The molecule has 0 bridgehead atoms. The lowest BCUT2D eigenvalue weighted by atomic mass is 10.0. The van der Waals surface area contributed by atoms with E-state index in [4.69, 9.17) is 9.72 Å². The topological polar surface area (TPSA) is 71.5 Å². The highest BCUT2D eigenvalue weighted by Crippen LogP contribution is 2.30. The van der Waals surface area contributed by atoms with Crippen molar-refractivity contribution in [2.75, 3.05) is 19.7 Å². The van der Waals surface area contributed by atoms with Gasteiger partial charge < -0.3 is 15.0 Å². The quantitative estimate of drug-likeness (QED) is 0.754. The summed E-state index contributed by atoms with van der Waals surface area (Å²) < 4.78 is 6.00. The van der Waals surface area contributed by atoms with Crippen LogP contribution in [0.5, 0.6) is 0 Å². The molecule has 0 spiro atoms. The van der Waals surface area contributed by atoms with Gasteiger partial charge in [0, 0.05) is 24.4 Å². The van der Waals surface area contributed by atoms with E-state index in [1.54, 1.807) is 0 Å². The zero-order valence-corrected chi connectivity index (χ0v) is 18.6. The molecule has 166 valence electrons. The van der Waals surface area contributed by atoms with Gasteiger partial charge in [0.15, 0.2) is 0 Å². The number of aromatic nitrogens is 1. The molecule has 1 aromatic heterocycles. The summed E-state index contributed by atoms with van der Waals surface area (Å²) >= 11 is 0. The van der Waals surface area contributed by atoms with Gasteiger partial charge in [0.05, 0.1) is 29.9 Å². The van der Waals surface area contributed by atoms with E-state index in [0.717, 1.165) is 17.3 Å². The summed E-state index contributed by atoms with van der Waals surface area (Å²) in [5.41, 5.74) is 2.07. The van der Waals surface area contributed by atoms with Crippen LogP contribution in [0.15, 0.2) is 30.3 Å². The van der Waals surface area contributed by atoms with Crippen molar-refractivity contribution in [2.24, 2.45) is 5.92 Å². The number of carbonyl (C=O) groups is 2. The van der Waals surface area contributed by atoms with Crippen LogP contribution >= 0.6 is 0 Å². The Bertz CT molecular complexity index is 937. The number of nitrogens with one attached hydrogen (secondary N) is 1. The second-order valence-corrected chi connectivity index (χ2v) is 9.13. The number of morpholine rings is 1. The van der Waals surface area contributed by atoms with E-state index in [1.165, 1.54) is 25.7 Å². The Morgan fingerprint density at radius 3 is 2.77 bits per heavy atom. The third-order valence-electron chi connectivity index (χ3n) is 6.39. The van der Waals surface area contributed by atoms with Gasteiger partial charge in [-0.15, -0.1) is 0 Å². The van der Waals surface area contributed by atoms with Crippen molar-refractivity contribution in [3.8, 4) is 0 Å². The summed E-state index contributed by atoms with van der Waals surface area (Å²) in [4.78, 5) is 32.4. The maximum Gasteiger partial charge on any atom is 0.252 e. The first-order chi connectivity index (χ1) is 15.0. The highest BCUT2D eigenvalue weighted by molar-refractivity contribution is 6.06. The minimum atomic E-state index is -0.320. The predicted molar refractivity (Wildman–Crippen MR) is 121 cm³/mol. The lowest BCUT2D eigenvalue weighted by Crippen LogP contribution is -2.42. The molecule has 1 atom stereocenters. The molecule has 4 rings (SSSR count). The monoisotopic (exact) mass is 423 g/mol. The van der Waals surface area contributed by atoms with Gasteiger partial charge in [-0.1, -0.05) is 43.9 Å². The fraction of sp³-hybridized carbons (Fsp3) is 0.560. The molecule has 2 amide bonds.